The number of hydrogen-bond donors (Lipinski definition) is 1. The number of rotatable bonds is 4. The van der Waals surface area contributed by atoms with Crippen molar-refractivity contribution in [2.45, 2.75) is 13.0 Å². The highest BCUT2D eigenvalue weighted by Crippen LogP contribution is 2.27. The van der Waals surface area contributed by atoms with Crippen molar-refractivity contribution in [3.05, 3.63) is 70.2 Å². The zero-order valence-corrected chi connectivity index (χ0v) is 11.2. The molecule has 0 aromatic heterocycles. The second kappa shape index (κ2) is 6.13. The van der Waals surface area contributed by atoms with Gasteiger partial charge in [0.25, 0.3) is 0 Å². The molecule has 0 heterocycles. The summed E-state index contributed by atoms with van der Waals surface area (Å²) in [6, 6.07) is 10.3. The van der Waals surface area contributed by atoms with E-state index in [0.717, 1.165) is 5.56 Å². The molecular weight excluding hydrogens is 268 g/mol. The molecule has 1 unspecified atom stereocenters. The Balaban J connectivity index is 2.48. The summed E-state index contributed by atoms with van der Waals surface area (Å²) in [4.78, 5) is 0. The van der Waals surface area contributed by atoms with Crippen molar-refractivity contribution >= 4 is 11.6 Å². The summed E-state index contributed by atoms with van der Waals surface area (Å²) in [6.45, 7) is 2.49. The molecule has 4 heteroatoms. The van der Waals surface area contributed by atoms with Crippen molar-refractivity contribution in [2.75, 3.05) is 6.54 Å². The maximum absolute atomic E-state index is 13.9. The van der Waals surface area contributed by atoms with Crippen molar-refractivity contribution in [2.24, 2.45) is 0 Å². The Morgan fingerprint density at radius 3 is 2.16 bits per heavy atom. The molecule has 100 valence electrons. The summed E-state index contributed by atoms with van der Waals surface area (Å²) in [5.41, 5.74) is 0.807. The predicted octanol–water partition coefficient (Wildman–Crippen LogP) is 4.32. The van der Waals surface area contributed by atoms with Gasteiger partial charge >= 0.3 is 0 Å². The number of halogens is 3. The first kappa shape index (κ1) is 14.0. The van der Waals surface area contributed by atoms with E-state index in [1.807, 2.05) is 6.92 Å². The Morgan fingerprint density at radius 1 is 1.05 bits per heavy atom. The van der Waals surface area contributed by atoms with Crippen molar-refractivity contribution < 1.29 is 8.78 Å². The number of benzene rings is 2. The molecule has 1 nitrogen and oxygen atoms in total. The third-order valence-electron chi connectivity index (χ3n) is 2.90. The average Bonchev–Trinajstić information content (AvgIpc) is 2.38. The van der Waals surface area contributed by atoms with E-state index in [1.165, 1.54) is 18.2 Å². The summed E-state index contributed by atoms with van der Waals surface area (Å²) in [5, 5.41) is 3.68. The molecule has 2 aromatic carbocycles. The Kier molecular flexibility index (Phi) is 4.51. The summed E-state index contributed by atoms with van der Waals surface area (Å²) in [6.07, 6.45) is 0. The molecule has 0 aliphatic heterocycles. The third-order valence-corrected chi connectivity index (χ3v) is 3.15. The lowest BCUT2D eigenvalue weighted by atomic mass is 9.97. The van der Waals surface area contributed by atoms with Crippen LogP contribution in [0.1, 0.15) is 24.1 Å². The van der Waals surface area contributed by atoms with Gasteiger partial charge in [-0.25, -0.2) is 8.78 Å². The van der Waals surface area contributed by atoms with Gasteiger partial charge in [-0.05, 0) is 36.4 Å². The molecule has 0 saturated carbocycles. The van der Waals surface area contributed by atoms with Gasteiger partial charge in [-0.1, -0.05) is 36.7 Å². The van der Waals surface area contributed by atoms with Crippen LogP contribution in [-0.4, -0.2) is 6.54 Å². The van der Waals surface area contributed by atoms with E-state index in [-0.39, 0.29) is 5.56 Å². The summed E-state index contributed by atoms with van der Waals surface area (Å²) < 4.78 is 27.8. The molecule has 0 saturated heterocycles. The highest BCUT2D eigenvalue weighted by molar-refractivity contribution is 6.30. The van der Waals surface area contributed by atoms with Crippen molar-refractivity contribution in [3.63, 3.8) is 0 Å². The van der Waals surface area contributed by atoms with E-state index in [9.17, 15) is 8.78 Å². The van der Waals surface area contributed by atoms with E-state index in [1.54, 1.807) is 24.3 Å². The second-order valence-corrected chi connectivity index (χ2v) is 4.61. The fourth-order valence-corrected chi connectivity index (χ4v) is 2.16. The van der Waals surface area contributed by atoms with Crippen molar-refractivity contribution in [1.82, 2.24) is 5.32 Å². The van der Waals surface area contributed by atoms with Crippen LogP contribution in [0.3, 0.4) is 0 Å². The van der Waals surface area contributed by atoms with Gasteiger partial charge in [-0.2, -0.15) is 0 Å². The highest BCUT2D eigenvalue weighted by atomic mass is 35.5. The monoisotopic (exact) mass is 281 g/mol. The Hall–Kier alpha value is -1.45. The van der Waals surface area contributed by atoms with Crippen LogP contribution in [0.15, 0.2) is 42.5 Å². The molecule has 0 spiro atoms. The van der Waals surface area contributed by atoms with Crippen LogP contribution in [0.25, 0.3) is 0 Å². The standard InChI is InChI=1S/C15H14ClF2N/c1-2-19-15(10-6-8-11(16)9-7-10)14-12(17)4-3-5-13(14)18/h3-9,15,19H,2H2,1H3. The number of nitrogens with one attached hydrogen (secondary N) is 1. The minimum Gasteiger partial charge on any atom is -0.306 e. The molecule has 2 rings (SSSR count). The lowest BCUT2D eigenvalue weighted by molar-refractivity contribution is 0.510. The lowest BCUT2D eigenvalue weighted by Crippen LogP contribution is -2.24. The van der Waals surface area contributed by atoms with Crippen molar-refractivity contribution in [3.8, 4) is 0 Å². The minimum atomic E-state index is -0.555. The van der Waals surface area contributed by atoms with Gasteiger partial charge in [0.2, 0.25) is 0 Å². The molecule has 19 heavy (non-hydrogen) atoms. The topological polar surface area (TPSA) is 12.0 Å². The van der Waals surface area contributed by atoms with E-state index >= 15 is 0 Å². The zero-order valence-electron chi connectivity index (χ0n) is 10.5. The maximum Gasteiger partial charge on any atom is 0.131 e. The number of hydrogen-bond acceptors (Lipinski definition) is 1. The molecule has 0 bridgehead atoms. The second-order valence-electron chi connectivity index (χ2n) is 4.18. The van der Waals surface area contributed by atoms with E-state index in [0.29, 0.717) is 11.6 Å². The molecular formula is C15H14ClF2N. The highest BCUT2D eigenvalue weighted by Gasteiger charge is 2.20. The SMILES string of the molecule is CCNC(c1ccc(Cl)cc1)c1c(F)cccc1F. The van der Waals surface area contributed by atoms with Gasteiger partial charge in [0, 0.05) is 10.6 Å². The Morgan fingerprint density at radius 2 is 1.63 bits per heavy atom. The van der Waals surface area contributed by atoms with Gasteiger partial charge in [0.05, 0.1) is 6.04 Å². The first-order valence-corrected chi connectivity index (χ1v) is 6.44. The van der Waals surface area contributed by atoms with Crippen LogP contribution in [0.2, 0.25) is 5.02 Å². The Labute approximate surface area is 116 Å². The van der Waals surface area contributed by atoms with Gasteiger partial charge < -0.3 is 5.32 Å². The predicted molar refractivity (Wildman–Crippen MR) is 73.3 cm³/mol. The van der Waals surface area contributed by atoms with E-state index in [2.05, 4.69) is 5.32 Å². The summed E-state index contributed by atoms with van der Waals surface area (Å²) >= 11 is 5.83. The van der Waals surface area contributed by atoms with Gasteiger partial charge in [0.1, 0.15) is 11.6 Å². The van der Waals surface area contributed by atoms with Crippen LogP contribution >= 0.6 is 11.6 Å². The molecule has 0 aliphatic carbocycles. The molecule has 1 atom stereocenters. The smallest absolute Gasteiger partial charge is 0.131 e. The van der Waals surface area contributed by atoms with E-state index in [4.69, 9.17) is 11.6 Å². The summed E-state index contributed by atoms with van der Waals surface area (Å²) in [7, 11) is 0. The molecule has 0 aliphatic rings. The van der Waals surface area contributed by atoms with Crippen LogP contribution in [0, 0.1) is 11.6 Å². The van der Waals surface area contributed by atoms with Crippen LogP contribution in [-0.2, 0) is 0 Å². The molecule has 2 aromatic rings. The molecule has 0 radical (unpaired) electrons. The maximum atomic E-state index is 13.9. The van der Waals surface area contributed by atoms with Crippen LogP contribution < -0.4 is 5.32 Å². The lowest BCUT2D eigenvalue weighted by Gasteiger charge is -2.20. The normalized spacial score (nSPS) is 12.4. The first-order valence-electron chi connectivity index (χ1n) is 6.06. The van der Waals surface area contributed by atoms with Crippen molar-refractivity contribution in [1.29, 1.82) is 0 Å². The van der Waals surface area contributed by atoms with Gasteiger partial charge in [0.15, 0.2) is 0 Å². The molecule has 0 fully saturated rings. The fraction of sp³-hybridized carbons (Fsp3) is 0.200. The molecule has 0 amide bonds. The van der Waals surface area contributed by atoms with Gasteiger partial charge in [-0.15, -0.1) is 0 Å². The summed E-state index contributed by atoms with van der Waals surface area (Å²) in [5.74, 6) is -1.11. The Bertz CT molecular complexity index is 534. The zero-order chi connectivity index (χ0) is 13.8. The molecule has 1 N–H and O–H groups in total. The minimum absolute atomic E-state index is 0.0340. The van der Waals surface area contributed by atoms with Crippen LogP contribution in [0.5, 0.6) is 0 Å². The quantitative estimate of drug-likeness (QED) is 0.880. The first-order chi connectivity index (χ1) is 9.13. The fourth-order valence-electron chi connectivity index (χ4n) is 2.03. The van der Waals surface area contributed by atoms with E-state index < -0.39 is 17.7 Å². The largest absolute Gasteiger partial charge is 0.306 e. The average molecular weight is 282 g/mol. The van der Waals surface area contributed by atoms with Gasteiger partial charge in [-0.3, -0.25) is 0 Å². The van der Waals surface area contributed by atoms with Crippen LogP contribution in [0.4, 0.5) is 8.78 Å². The third kappa shape index (κ3) is 3.11.